The molecule has 0 aromatic carbocycles. The zero-order valence-electron chi connectivity index (χ0n) is 16.2. The molecule has 1 amide bonds. The lowest BCUT2D eigenvalue weighted by atomic mass is 10.2. The van der Waals surface area contributed by atoms with Gasteiger partial charge in [-0.1, -0.05) is 25.4 Å². The summed E-state index contributed by atoms with van der Waals surface area (Å²) < 4.78 is 43.4. The van der Waals surface area contributed by atoms with Crippen molar-refractivity contribution in [1.29, 1.82) is 0 Å². The highest BCUT2D eigenvalue weighted by atomic mass is 35.5. The Kier molecular flexibility index (Phi) is 8.33. The molecule has 6 nitrogen and oxygen atoms in total. The molecule has 0 radical (unpaired) electrons. The van der Waals surface area contributed by atoms with Crippen LogP contribution in [0.2, 0.25) is 5.02 Å². The maximum atomic E-state index is 12.6. The van der Waals surface area contributed by atoms with Crippen molar-refractivity contribution >= 4 is 23.3 Å². The molecule has 0 aliphatic heterocycles. The van der Waals surface area contributed by atoms with E-state index >= 15 is 0 Å². The number of nitrogens with one attached hydrogen (secondary N) is 2. The Morgan fingerprint density at radius 2 is 2.07 bits per heavy atom. The number of amides is 1. The molecule has 2 aromatic heterocycles. The number of rotatable bonds is 10. The molecule has 0 bridgehead atoms. The van der Waals surface area contributed by atoms with E-state index in [1.54, 1.807) is 12.3 Å². The first-order valence-electron chi connectivity index (χ1n) is 9.27. The Morgan fingerprint density at radius 1 is 1.34 bits per heavy atom. The van der Waals surface area contributed by atoms with E-state index in [9.17, 15) is 18.0 Å². The summed E-state index contributed by atoms with van der Waals surface area (Å²) in [7, 11) is 0. The van der Waals surface area contributed by atoms with Crippen molar-refractivity contribution in [2.24, 2.45) is 0 Å². The molecule has 29 heavy (non-hydrogen) atoms. The molecular formula is C19H24ClF3N4O2. The molecule has 1 atom stereocenters. The van der Waals surface area contributed by atoms with Gasteiger partial charge in [-0.05, 0) is 31.3 Å². The van der Waals surface area contributed by atoms with Crippen LogP contribution >= 0.6 is 11.6 Å². The fourth-order valence-electron chi connectivity index (χ4n) is 2.87. The van der Waals surface area contributed by atoms with Gasteiger partial charge >= 0.3 is 6.18 Å². The second kappa shape index (κ2) is 10.5. The molecule has 0 aliphatic rings. The van der Waals surface area contributed by atoms with Crippen molar-refractivity contribution in [2.45, 2.75) is 32.5 Å². The molecule has 160 valence electrons. The van der Waals surface area contributed by atoms with Crippen molar-refractivity contribution in [3.05, 3.63) is 47.0 Å². The molecule has 1 unspecified atom stereocenters. The summed E-state index contributed by atoms with van der Waals surface area (Å²) in [4.78, 5) is 18.0. The summed E-state index contributed by atoms with van der Waals surface area (Å²) in [6.45, 7) is 6.24. The number of hydrogen-bond acceptors (Lipinski definition) is 5. The van der Waals surface area contributed by atoms with Crippen molar-refractivity contribution in [1.82, 2.24) is 15.2 Å². The number of aromatic nitrogens is 1. The minimum Gasteiger partial charge on any atom is -0.468 e. The molecule has 2 aromatic rings. The molecule has 2 N–H and O–H groups in total. The maximum Gasteiger partial charge on any atom is 0.417 e. The zero-order valence-corrected chi connectivity index (χ0v) is 17.0. The lowest BCUT2D eigenvalue weighted by Crippen LogP contribution is -2.38. The van der Waals surface area contributed by atoms with Gasteiger partial charge < -0.3 is 15.1 Å². The molecule has 0 saturated heterocycles. The summed E-state index contributed by atoms with van der Waals surface area (Å²) in [5.74, 6) is 0.668. The predicted molar refractivity (Wildman–Crippen MR) is 105 cm³/mol. The normalized spacial score (nSPS) is 12.8. The summed E-state index contributed by atoms with van der Waals surface area (Å²) >= 11 is 5.84. The van der Waals surface area contributed by atoms with E-state index in [4.69, 9.17) is 16.0 Å². The summed E-state index contributed by atoms with van der Waals surface area (Å²) in [6, 6.07) is 4.39. The van der Waals surface area contributed by atoms with Gasteiger partial charge in [-0.15, -0.1) is 0 Å². The van der Waals surface area contributed by atoms with Crippen LogP contribution in [0.4, 0.5) is 19.0 Å². The molecule has 2 rings (SSSR count). The highest BCUT2D eigenvalue weighted by molar-refractivity contribution is 6.32. The smallest absolute Gasteiger partial charge is 0.417 e. The number of hydrogen-bond donors (Lipinski definition) is 2. The third-order valence-corrected chi connectivity index (χ3v) is 4.72. The summed E-state index contributed by atoms with van der Waals surface area (Å²) in [6.07, 6.45) is -2.10. The Hall–Kier alpha value is -2.26. The first-order valence-corrected chi connectivity index (χ1v) is 9.64. The zero-order chi connectivity index (χ0) is 21.4. The number of nitrogens with zero attached hydrogens (tertiary/aromatic N) is 2. The number of likely N-dealkylation sites (N-methyl/N-ethyl adjacent to an activating group) is 1. The fraction of sp³-hybridized carbons (Fsp3) is 0.474. The van der Waals surface area contributed by atoms with Crippen LogP contribution in [0, 0.1) is 0 Å². The van der Waals surface area contributed by atoms with E-state index in [1.807, 2.05) is 19.9 Å². The van der Waals surface area contributed by atoms with Gasteiger partial charge in [0, 0.05) is 25.7 Å². The lowest BCUT2D eigenvalue weighted by molar-refractivity contribution is -0.137. The topological polar surface area (TPSA) is 70.4 Å². The number of furan rings is 1. The molecule has 0 saturated carbocycles. The number of carbonyl (C=O) groups excluding carboxylic acids is 1. The SMILES string of the molecule is CCN(CC)C(CNC(=O)CCNc1ncc(C(F)(F)F)cc1Cl)c1ccco1. The average molecular weight is 433 g/mol. The minimum atomic E-state index is -4.51. The van der Waals surface area contributed by atoms with E-state index < -0.39 is 11.7 Å². The quantitative estimate of drug-likeness (QED) is 0.584. The summed E-state index contributed by atoms with van der Waals surface area (Å²) in [5.41, 5.74) is -0.925. The third kappa shape index (κ3) is 6.64. The van der Waals surface area contributed by atoms with Gasteiger partial charge in [0.05, 0.1) is 22.9 Å². The number of halogens is 4. The predicted octanol–water partition coefficient (Wildman–Crippen LogP) is 4.35. The van der Waals surface area contributed by atoms with Gasteiger partial charge in [-0.3, -0.25) is 9.69 Å². The lowest BCUT2D eigenvalue weighted by Gasteiger charge is -2.28. The first-order chi connectivity index (χ1) is 13.8. The van der Waals surface area contributed by atoms with E-state index in [0.717, 1.165) is 24.9 Å². The Bertz CT molecular complexity index is 780. The van der Waals surface area contributed by atoms with Crippen LogP contribution in [0.5, 0.6) is 0 Å². The number of pyridine rings is 1. The van der Waals surface area contributed by atoms with E-state index in [2.05, 4.69) is 20.5 Å². The second-order valence-corrected chi connectivity index (χ2v) is 6.69. The van der Waals surface area contributed by atoms with Crippen LogP contribution in [-0.4, -0.2) is 42.0 Å². The number of alkyl halides is 3. The highest BCUT2D eigenvalue weighted by Gasteiger charge is 2.31. The molecular weight excluding hydrogens is 409 g/mol. The fourth-order valence-corrected chi connectivity index (χ4v) is 3.10. The van der Waals surface area contributed by atoms with Crippen LogP contribution in [0.15, 0.2) is 35.1 Å². The van der Waals surface area contributed by atoms with Gasteiger partial charge in [0.15, 0.2) is 0 Å². The second-order valence-electron chi connectivity index (χ2n) is 6.29. The van der Waals surface area contributed by atoms with Crippen LogP contribution in [-0.2, 0) is 11.0 Å². The monoisotopic (exact) mass is 432 g/mol. The molecule has 2 heterocycles. The number of carbonyl (C=O) groups is 1. The van der Waals surface area contributed by atoms with E-state index in [1.165, 1.54) is 0 Å². The van der Waals surface area contributed by atoms with E-state index in [0.29, 0.717) is 12.7 Å². The molecule has 10 heteroatoms. The molecule has 0 aliphatic carbocycles. The average Bonchev–Trinajstić information content (AvgIpc) is 3.20. The van der Waals surface area contributed by atoms with Crippen LogP contribution in [0.1, 0.15) is 37.6 Å². The Labute approximate surface area is 172 Å². The highest BCUT2D eigenvalue weighted by Crippen LogP contribution is 2.32. The minimum absolute atomic E-state index is 0.0806. The Balaban J connectivity index is 1.85. The Morgan fingerprint density at radius 3 is 2.62 bits per heavy atom. The van der Waals surface area contributed by atoms with Crippen molar-refractivity contribution in [3.63, 3.8) is 0 Å². The van der Waals surface area contributed by atoms with Gasteiger partial charge in [0.1, 0.15) is 11.6 Å². The van der Waals surface area contributed by atoms with Crippen molar-refractivity contribution < 1.29 is 22.4 Å². The largest absolute Gasteiger partial charge is 0.468 e. The third-order valence-electron chi connectivity index (χ3n) is 4.43. The first kappa shape index (κ1) is 23.0. The molecule has 0 spiro atoms. The van der Waals surface area contributed by atoms with E-state index in [-0.39, 0.29) is 35.8 Å². The van der Waals surface area contributed by atoms with Crippen LogP contribution in [0.3, 0.4) is 0 Å². The van der Waals surface area contributed by atoms with Gasteiger partial charge in [-0.2, -0.15) is 13.2 Å². The summed E-state index contributed by atoms with van der Waals surface area (Å²) in [5, 5.41) is 5.50. The van der Waals surface area contributed by atoms with Gasteiger partial charge in [0.2, 0.25) is 5.91 Å². The van der Waals surface area contributed by atoms with Crippen LogP contribution < -0.4 is 10.6 Å². The standard InChI is InChI=1S/C19H24ClF3N4O2/c1-3-27(4-2)15(16-6-5-9-29-16)12-25-17(28)7-8-24-18-14(20)10-13(11-26-18)19(21,22)23/h5-6,9-11,15H,3-4,7-8,12H2,1-2H3,(H,24,26)(H,25,28). The van der Waals surface area contributed by atoms with Crippen molar-refractivity contribution in [3.8, 4) is 0 Å². The molecule has 0 fully saturated rings. The number of anilines is 1. The van der Waals surface area contributed by atoms with Crippen LogP contribution in [0.25, 0.3) is 0 Å². The maximum absolute atomic E-state index is 12.6. The van der Waals surface area contributed by atoms with Gasteiger partial charge in [-0.25, -0.2) is 4.98 Å². The van der Waals surface area contributed by atoms with Gasteiger partial charge in [0.25, 0.3) is 0 Å². The van der Waals surface area contributed by atoms with Crippen molar-refractivity contribution in [2.75, 3.05) is 31.5 Å².